The molecule has 0 aliphatic heterocycles. The van der Waals surface area contributed by atoms with Gasteiger partial charge in [0.15, 0.2) is 0 Å². The van der Waals surface area contributed by atoms with Crippen LogP contribution in [0.2, 0.25) is 0 Å². The van der Waals surface area contributed by atoms with Gasteiger partial charge in [-0.3, -0.25) is 9.59 Å². The Kier molecular flexibility index (Phi) is 5.81. The Morgan fingerprint density at radius 1 is 1.17 bits per heavy atom. The van der Waals surface area contributed by atoms with Gasteiger partial charge >= 0.3 is 0 Å². The van der Waals surface area contributed by atoms with Crippen LogP contribution in [0.25, 0.3) is 0 Å². The zero-order chi connectivity index (χ0) is 16.8. The van der Waals surface area contributed by atoms with Crippen molar-refractivity contribution >= 4 is 23.2 Å². The monoisotopic (exact) mass is 332 g/mol. The molecule has 0 radical (unpaired) electrons. The third-order valence-corrected chi connectivity index (χ3v) is 4.29. The summed E-state index contributed by atoms with van der Waals surface area (Å²) in [6.45, 7) is 6.79. The van der Waals surface area contributed by atoms with Crippen molar-refractivity contribution in [3.63, 3.8) is 0 Å². The first-order valence-electron chi connectivity index (χ1n) is 7.51. The van der Waals surface area contributed by atoms with Crippen molar-refractivity contribution in [2.45, 2.75) is 26.8 Å². The van der Waals surface area contributed by atoms with Crippen molar-refractivity contribution in [2.24, 2.45) is 0 Å². The highest BCUT2D eigenvalue weighted by atomic mass is 32.1. The lowest BCUT2D eigenvalue weighted by atomic mass is 10.1. The summed E-state index contributed by atoms with van der Waals surface area (Å²) >= 11 is 1.21. The summed E-state index contributed by atoms with van der Waals surface area (Å²) in [6.07, 6.45) is 0. The van der Waals surface area contributed by atoms with Crippen molar-refractivity contribution < 1.29 is 9.59 Å². The molecule has 1 aromatic carbocycles. The predicted molar refractivity (Wildman–Crippen MR) is 89.2 cm³/mol. The van der Waals surface area contributed by atoms with Crippen LogP contribution in [0.3, 0.4) is 0 Å². The van der Waals surface area contributed by atoms with Crippen LogP contribution in [0.1, 0.15) is 40.3 Å². The van der Waals surface area contributed by atoms with E-state index in [9.17, 15) is 9.59 Å². The molecule has 0 bridgehead atoms. The number of amides is 2. The molecule has 2 rings (SSSR count). The number of hydrogen-bond donors (Lipinski definition) is 1. The fourth-order valence-electron chi connectivity index (χ4n) is 2.23. The number of aryl methyl sites for hydroxylation is 1. The molecule has 1 heterocycles. The van der Waals surface area contributed by atoms with E-state index in [0.717, 1.165) is 5.56 Å². The Bertz CT molecular complexity index is 668. The van der Waals surface area contributed by atoms with Crippen LogP contribution >= 0.6 is 11.3 Å². The van der Waals surface area contributed by atoms with Crippen molar-refractivity contribution in [3.8, 4) is 0 Å². The van der Waals surface area contributed by atoms with Gasteiger partial charge in [0.05, 0.1) is 0 Å². The van der Waals surface area contributed by atoms with Gasteiger partial charge < -0.3 is 10.2 Å². The summed E-state index contributed by atoms with van der Waals surface area (Å²) in [5.41, 5.74) is 0.749. The van der Waals surface area contributed by atoms with E-state index < -0.39 is 6.04 Å². The Balaban J connectivity index is 2.27. The zero-order valence-corrected chi connectivity index (χ0v) is 14.3. The highest BCUT2D eigenvalue weighted by molar-refractivity contribution is 7.13. The highest BCUT2D eigenvalue weighted by Crippen LogP contribution is 2.17. The molecule has 0 fully saturated rings. The second-order valence-corrected chi connectivity index (χ2v) is 6.14. The van der Waals surface area contributed by atoms with Crippen molar-refractivity contribution in [3.05, 3.63) is 45.9 Å². The van der Waals surface area contributed by atoms with E-state index in [1.54, 1.807) is 11.8 Å². The van der Waals surface area contributed by atoms with E-state index in [4.69, 9.17) is 0 Å². The van der Waals surface area contributed by atoms with Gasteiger partial charge in [0.1, 0.15) is 11.0 Å². The Morgan fingerprint density at radius 2 is 1.83 bits per heavy atom. The molecule has 0 aliphatic rings. The molecule has 0 spiro atoms. The number of aromatic nitrogens is 2. The van der Waals surface area contributed by atoms with Crippen LogP contribution in [-0.2, 0) is 4.79 Å². The zero-order valence-electron chi connectivity index (χ0n) is 13.4. The van der Waals surface area contributed by atoms with Crippen molar-refractivity contribution in [2.75, 3.05) is 13.1 Å². The van der Waals surface area contributed by atoms with Gasteiger partial charge in [0.25, 0.3) is 5.91 Å². The topological polar surface area (TPSA) is 75.2 Å². The average molecular weight is 332 g/mol. The standard InChI is InChI=1S/C16H20N4O2S/c1-4-20(5-2)16(22)13(12-9-7-6-8-10-12)17-14(21)15-19-18-11(3)23-15/h6-10,13H,4-5H2,1-3H3,(H,17,21)/t13-/m0/s1. The maximum atomic E-state index is 12.8. The minimum Gasteiger partial charge on any atom is -0.341 e. The van der Waals surface area contributed by atoms with E-state index >= 15 is 0 Å². The van der Waals surface area contributed by atoms with E-state index in [2.05, 4.69) is 15.5 Å². The largest absolute Gasteiger partial charge is 0.341 e. The molecule has 2 aromatic rings. The fourth-order valence-corrected chi connectivity index (χ4v) is 2.83. The van der Waals surface area contributed by atoms with Gasteiger partial charge in [-0.05, 0) is 26.3 Å². The predicted octanol–water partition coefficient (Wildman–Crippen LogP) is 2.19. The highest BCUT2D eigenvalue weighted by Gasteiger charge is 2.27. The molecule has 0 unspecified atom stereocenters. The van der Waals surface area contributed by atoms with Crippen LogP contribution in [0.5, 0.6) is 0 Å². The molecule has 1 aromatic heterocycles. The number of nitrogens with one attached hydrogen (secondary N) is 1. The molecule has 1 N–H and O–H groups in total. The van der Waals surface area contributed by atoms with Gasteiger partial charge in [-0.25, -0.2) is 0 Å². The second kappa shape index (κ2) is 7.82. The summed E-state index contributed by atoms with van der Waals surface area (Å²) < 4.78 is 0. The van der Waals surface area contributed by atoms with Crippen molar-refractivity contribution in [1.82, 2.24) is 20.4 Å². The Morgan fingerprint density at radius 3 is 2.35 bits per heavy atom. The Labute approximate surface area is 139 Å². The van der Waals surface area contributed by atoms with Crippen molar-refractivity contribution in [1.29, 1.82) is 0 Å². The van der Waals surface area contributed by atoms with Gasteiger partial charge in [0.2, 0.25) is 10.9 Å². The molecule has 0 saturated carbocycles. The number of hydrogen-bond acceptors (Lipinski definition) is 5. The molecule has 2 amide bonds. The fraction of sp³-hybridized carbons (Fsp3) is 0.375. The SMILES string of the molecule is CCN(CC)C(=O)[C@@H](NC(=O)c1nnc(C)s1)c1ccccc1. The Hall–Kier alpha value is -2.28. The van der Waals surface area contributed by atoms with Gasteiger partial charge in [-0.15, -0.1) is 10.2 Å². The number of carbonyl (C=O) groups is 2. The minimum atomic E-state index is -0.729. The molecular weight excluding hydrogens is 312 g/mol. The van der Waals surface area contributed by atoms with Crippen LogP contribution in [-0.4, -0.2) is 40.0 Å². The van der Waals surface area contributed by atoms with E-state index in [-0.39, 0.29) is 16.8 Å². The molecule has 0 aliphatic carbocycles. The average Bonchev–Trinajstić information content (AvgIpc) is 3.01. The molecule has 1 atom stereocenters. The summed E-state index contributed by atoms with van der Waals surface area (Å²) in [5.74, 6) is -0.513. The lowest BCUT2D eigenvalue weighted by Gasteiger charge is -2.25. The van der Waals surface area contributed by atoms with E-state index in [1.807, 2.05) is 44.2 Å². The number of nitrogens with zero attached hydrogens (tertiary/aromatic N) is 3. The molecule has 7 heteroatoms. The first-order valence-corrected chi connectivity index (χ1v) is 8.33. The van der Waals surface area contributed by atoms with E-state index in [0.29, 0.717) is 18.1 Å². The van der Waals surface area contributed by atoms with Crippen LogP contribution in [0.4, 0.5) is 0 Å². The smallest absolute Gasteiger partial charge is 0.283 e. The molecule has 23 heavy (non-hydrogen) atoms. The third-order valence-electron chi connectivity index (χ3n) is 3.45. The summed E-state index contributed by atoms with van der Waals surface area (Å²) in [5, 5.41) is 11.4. The van der Waals surface area contributed by atoms with E-state index in [1.165, 1.54) is 11.3 Å². The molecule has 122 valence electrons. The number of benzene rings is 1. The molecule has 0 saturated heterocycles. The molecular formula is C16H20N4O2S. The number of likely N-dealkylation sites (N-methyl/N-ethyl adjacent to an activating group) is 1. The minimum absolute atomic E-state index is 0.129. The lowest BCUT2D eigenvalue weighted by Crippen LogP contribution is -2.42. The summed E-state index contributed by atoms with van der Waals surface area (Å²) in [6, 6.07) is 8.50. The third kappa shape index (κ3) is 4.13. The van der Waals surface area contributed by atoms with Crippen LogP contribution in [0, 0.1) is 6.92 Å². The number of carbonyl (C=O) groups excluding carboxylic acids is 2. The molecule has 6 nitrogen and oxygen atoms in total. The maximum absolute atomic E-state index is 12.8. The second-order valence-electron chi connectivity index (χ2n) is 4.95. The first-order chi connectivity index (χ1) is 11.1. The van der Waals surface area contributed by atoms with Gasteiger partial charge in [-0.2, -0.15) is 0 Å². The van der Waals surface area contributed by atoms with Crippen LogP contribution in [0.15, 0.2) is 30.3 Å². The quantitative estimate of drug-likeness (QED) is 0.880. The summed E-state index contributed by atoms with van der Waals surface area (Å²) in [7, 11) is 0. The van der Waals surface area contributed by atoms with Gasteiger partial charge in [-0.1, -0.05) is 41.7 Å². The lowest BCUT2D eigenvalue weighted by molar-refractivity contribution is -0.133. The van der Waals surface area contributed by atoms with Crippen LogP contribution < -0.4 is 5.32 Å². The first kappa shape index (κ1) is 17.1. The van der Waals surface area contributed by atoms with Gasteiger partial charge in [0, 0.05) is 13.1 Å². The normalized spacial score (nSPS) is 11.8. The maximum Gasteiger partial charge on any atom is 0.283 e. The number of rotatable bonds is 6. The summed E-state index contributed by atoms with van der Waals surface area (Å²) in [4.78, 5) is 26.8.